The van der Waals surface area contributed by atoms with Crippen LogP contribution in [0.25, 0.3) is 11.0 Å². The molecule has 0 fully saturated rings. The standard InChI is InChI=1S/C16H18O5/c1-3-4-5-6-10-20-15-13(17)11-8-7-9-12(19-2)14(11)21-16(15)18/h4-5,7-9,17H,3,6,10H2,1-2H3. The lowest BCUT2D eigenvalue weighted by Crippen LogP contribution is -2.08. The van der Waals surface area contributed by atoms with Gasteiger partial charge in [0.2, 0.25) is 5.75 Å². The minimum atomic E-state index is -0.719. The van der Waals surface area contributed by atoms with Crippen molar-refractivity contribution < 1.29 is 19.0 Å². The van der Waals surface area contributed by atoms with Gasteiger partial charge in [-0.2, -0.15) is 0 Å². The zero-order chi connectivity index (χ0) is 15.2. The van der Waals surface area contributed by atoms with Crippen molar-refractivity contribution in [2.75, 3.05) is 13.7 Å². The van der Waals surface area contributed by atoms with Gasteiger partial charge in [-0.1, -0.05) is 25.1 Å². The van der Waals surface area contributed by atoms with E-state index in [9.17, 15) is 9.90 Å². The lowest BCUT2D eigenvalue weighted by molar-refractivity contribution is 0.289. The van der Waals surface area contributed by atoms with Crippen molar-refractivity contribution in [3.05, 3.63) is 40.8 Å². The number of benzene rings is 1. The van der Waals surface area contributed by atoms with Crippen LogP contribution in [0.5, 0.6) is 17.2 Å². The Bertz CT molecular complexity index is 700. The summed E-state index contributed by atoms with van der Waals surface area (Å²) in [6.07, 6.45) is 5.58. The summed E-state index contributed by atoms with van der Waals surface area (Å²) in [7, 11) is 1.47. The molecular formula is C16H18O5. The molecule has 1 heterocycles. The first-order valence-electron chi connectivity index (χ1n) is 6.79. The average molecular weight is 290 g/mol. The van der Waals surface area contributed by atoms with Crippen molar-refractivity contribution >= 4 is 11.0 Å². The Hall–Kier alpha value is -2.43. The molecule has 5 heteroatoms. The molecule has 2 aromatic rings. The van der Waals surface area contributed by atoms with Crippen LogP contribution in [0.3, 0.4) is 0 Å². The van der Waals surface area contributed by atoms with Crippen LogP contribution in [0, 0.1) is 0 Å². The van der Waals surface area contributed by atoms with E-state index in [0.29, 0.717) is 24.2 Å². The van der Waals surface area contributed by atoms with Crippen molar-refractivity contribution in [3.63, 3.8) is 0 Å². The molecule has 5 nitrogen and oxygen atoms in total. The van der Waals surface area contributed by atoms with E-state index in [2.05, 4.69) is 0 Å². The zero-order valence-corrected chi connectivity index (χ0v) is 12.1. The largest absolute Gasteiger partial charge is 0.504 e. The van der Waals surface area contributed by atoms with E-state index in [1.165, 1.54) is 7.11 Å². The summed E-state index contributed by atoms with van der Waals surface area (Å²) in [5, 5.41) is 10.6. The lowest BCUT2D eigenvalue weighted by atomic mass is 10.2. The molecule has 21 heavy (non-hydrogen) atoms. The lowest BCUT2D eigenvalue weighted by Gasteiger charge is -2.09. The fourth-order valence-corrected chi connectivity index (χ4v) is 1.97. The number of methoxy groups -OCH3 is 1. The molecule has 112 valence electrons. The molecule has 0 aliphatic carbocycles. The second-order valence-corrected chi connectivity index (χ2v) is 4.42. The van der Waals surface area contributed by atoms with E-state index >= 15 is 0 Å². The predicted octanol–water partition coefficient (Wildman–Crippen LogP) is 3.24. The normalized spacial score (nSPS) is 11.1. The molecule has 0 unspecified atom stereocenters. The van der Waals surface area contributed by atoms with Crippen LogP contribution < -0.4 is 15.1 Å². The number of hydrogen-bond acceptors (Lipinski definition) is 5. The third-order valence-electron chi connectivity index (χ3n) is 2.98. The highest BCUT2D eigenvalue weighted by Crippen LogP contribution is 2.35. The van der Waals surface area contributed by atoms with Gasteiger partial charge in [0.05, 0.1) is 19.1 Å². The third kappa shape index (κ3) is 3.18. The summed E-state index contributed by atoms with van der Waals surface area (Å²) < 4.78 is 15.6. The second-order valence-electron chi connectivity index (χ2n) is 4.42. The average Bonchev–Trinajstić information content (AvgIpc) is 2.49. The minimum absolute atomic E-state index is 0.166. The Morgan fingerprint density at radius 1 is 1.33 bits per heavy atom. The van der Waals surface area contributed by atoms with Gasteiger partial charge in [0, 0.05) is 0 Å². The highest BCUT2D eigenvalue weighted by molar-refractivity contribution is 5.89. The number of rotatable bonds is 6. The van der Waals surface area contributed by atoms with Crippen LogP contribution in [0.4, 0.5) is 0 Å². The first-order chi connectivity index (χ1) is 10.2. The number of ether oxygens (including phenoxy) is 2. The zero-order valence-electron chi connectivity index (χ0n) is 12.1. The number of allylic oxidation sites excluding steroid dienone is 1. The maximum atomic E-state index is 11.9. The second kappa shape index (κ2) is 6.83. The van der Waals surface area contributed by atoms with Gasteiger partial charge in [0.25, 0.3) is 0 Å². The first kappa shape index (κ1) is 15.0. The molecule has 0 bridgehead atoms. The minimum Gasteiger partial charge on any atom is -0.504 e. The Morgan fingerprint density at radius 2 is 2.14 bits per heavy atom. The van der Waals surface area contributed by atoms with E-state index in [-0.39, 0.29) is 17.1 Å². The van der Waals surface area contributed by atoms with E-state index in [1.807, 2.05) is 19.1 Å². The number of para-hydroxylation sites is 1. The molecular weight excluding hydrogens is 272 g/mol. The fraction of sp³-hybridized carbons (Fsp3) is 0.312. The Kier molecular flexibility index (Phi) is 4.87. The van der Waals surface area contributed by atoms with Gasteiger partial charge in [-0.15, -0.1) is 0 Å². The molecule has 0 saturated carbocycles. The monoisotopic (exact) mass is 290 g/mol. The number of fused-ring (bicyclic) bond motifs is 1. The molecule has 0 atom stereocenters. The van der Waals surface area contributed by atoms with Crippen LogP contribution in [0.15, 0.2) is 39.6 Å². The summed E-state index contributed by atoms with van der Waals surface area (Å²) in [5.74, 6) is -0.00222. The van der Waals surface area contributed by atoms with E-state index in [4.69, 9.17) is 13.9 Å². The van der Waals surface area contributed by atoms with Crippen molar-refractivity contribution in [2.45, 2.75) is 19.8 Å². The van der Waals surface area contributed by atoms with Gasteiger partial charge in [-0.05, 0) is 25.0 Å². The van der Waals surface area contributed by atoms with Crippen molar-refractivity contribution in [3.8, 4) is 17.2 Å². The molecule has 2 rings (SSSR count). The summed E-state index contributed by atoms with van der Waals surface area (Å²) in [6.45, 7) is 2.33. The van der Waals surface area contributed by atoms with Gasteiger partial charge < -0.3 is 19.0 Å². The van der Waals surface area contributed by atoms with Crippen LogP contribution >= 0.6 is 0 Å². The first-order valence-corrected chi connectivity index (χ1v) is 6.79. The Balaban J connectivity index is 2.33. The molecule has 0 radical (unpaired) electrons. The quantitative estimate of drug-likeness (QED) is 0.502. The van der Waals surface area contributed by atoms with Gasteiger partial charge in [0.1, 0.15) is 0 Å². The summed E-state index contributed by atoms with van der Waals surface area (Å²) in [6, 6.07) is 5.00. The van der Waals surface area contributed by atoms with Crippen LogP contribution in [-0.2, 0) is 0 Å². The molecule has 0 aliphatic rings. The van der Waals surface area contributed by atoms with E-state index in [0.717, 1.165) is 6.42 Å². The molecule has 0 amide bonds. The maximum Gasteiger partial charge on any atom is 0.383 e. The van der Waals surface area contributed by atoms with Crippen LogP contribution in [-0.4, -0.2) is 18.8 Å². The summed E-state index contributed by atoms with van der Waals surface area (Å²) in [4.78, 5) is 11.9. The van der Waals surface area contributed by atoms with E-state index < -0.39 is 5.63 Å². The SMILES string of the molecule is CCC=CCCOc1c(O)c2cccc(OC)c2oc1=O. The van der Waals surface area contributed by atoms with Gasteiger partial charge in [0.15, 0.2) is 17.1 Å². The smallest absolute Gasteiger partial charge is 0.383 e. The van der Waals surface area contributed by atoms with Crippen molar-refractivity contribution in [1.29, 1.82) is 0 Å². The fourth-order valence-electron chi connectivity index (χ4n) is 1.97. The maximum absolute atomic E-state index is 11.9. The molecule has 0 saturated heterocycles. The van der Waals surface area contributed by atoms with Crippen LogP contribution in [0.2, 0.25) is 0 Å². The molecule has 1 N–H and O–H groups in total. The topological polar surface area (TPSA) is 68.9 Å². The van der Waals surface area contributed by atoms with Gasteiger partial charge in [-0.3, -0.25) is 0 Å². The molecule has 0 spiro atoms. The molecule has 0 aliphatic heterocycles. The highest BCUT2D eigenvalue weighted by atomic mass is 16.5. The number of aromatic hydroxyl groups is 1. The van der Waals surface area contributed by atoms with E-state index in [1.54, 1.807) is 18.2 Å². The molecule has 1 aromatic heterocycles. The summed E-state index contributed by atoms with van der Waals surface area (Å²) >= 11 is 0. The molecule has 1 aromatic carbocycles. The Labute approximate surface area is 122 Å². The highest BCUT2D eigenvalue weighted by Gasteiger charge is 2.17. The third-order valence-corrected chi connectivity index (χ3v) is 2.98. The van der Waals surface area contributed by atoms with Gasteiger partial charge in [-0.25, -0.2) is 4.79 Å². The summed E-state index contributed by atoms with van der Waals surface area (Å²) in [5.41, 5.74) is -0.510. The van der Waals surface area contributed by atoms with Crippen LogP contribution in [0.1, 0.15) is 19.8 Å². The van der Waals surface area contributed by atoms with Crippen molar-refractivity contribution in [2.24, 2.45) is 0 Å². The predicted molar refractivity (Wildman–Crippen MR) is 80.2 cm³/mol. The van der Waals surface area contributed by atoms with Gasteiger partial charge >= 0.3 is 5.63 Å². The number of hydrogen-bond donors (Lipinski definition) is 1. The van der Waals surface area contributed by atoms with Crippen molar-refractivity contribution in [1.82, 2.24) is 0 Å². The Morgan fingerprint density at radius 3 is 2.86 bits per heavy atom.